The quantitative estimate of drug-likeness (QED) is 0.509. The van der Waals surface area contributed by atoms with Gasteiger partial charge in [-0.25, -0.2) is 0 Å². The Labute approximate surface area is 63.3 Å². The molecule has 5 heteroatoms. The molecule has 52 valence electrons. The summed E-state index contributed by atoms with van der Waals surface area (Å²) in [4.78, 5) is 3.72. The molecule has 2 N–H and O–H groups in total. The van der Waals surface area contributed by atoms with Gasteiger partial charge in [-0.05, 0) is 0 Å². The van der Waals surface area contributed by atoms with Gasteiger partial charge in [0.25, 0.3) is 0 Å². The highest BCUT2D eigenvalue weighted by Crippen LogP contribution is 2.08. The topological polar surface area (TPSA) is 65.4 Å². The summed E-state index contributed by atoms with van der Waals surface area (Å²) in [6.07, 6.45) is 2.25. The van der Waals surface area contributed by atoms with Crippen molar-refractivity contribution in [1.82, 2.24) is 4.42 Å². The van der Waals surface area contributed by atoms with Crippen LogP contribution in [0.15, 0.2) is 16.8 Å². The van der Waals surface area contributed by atoms with Crippen LogP contribution in [0.5, 0.6) is 0 Å². The van der Waals surface area contributed by atoms with Crippen LogP contribution in [0, 0.1) is 11.3 Å². The van der Waals surface area contributed by atoms with Gasteiger partial charge < -0.3 is 0 Å². The van der Waals surface area contributed by atoms with Crippen molar-refractivity contribution in [1.29, 1.82) is 5.26 Å². The highest BCUT2D eigenvalue weighted by molar-refractivity contribution is 6.14. The van der Waals surface area contributed by atoms with E-state index in [1.54, 1.807) is 0 Å². The zero-order valence-corrected chi connectivity index (χ0v) is 5.78. The van der Waals surface area contributed by atoms with Gasteiger partial charge in [0.05, 0.1) is 5.57 Å². The normalized spacial score (nSPS) is 23.9. The van der Waals surface area contributed by atoms with E-state index < -0.39 is 6.29 Å². The van der Waals surface area contributed by atoms with Gasteiger partial charge in [-0.3, -0.25) is 15.1 Å². The lowest BCUT2D eigenvalue weighted by Gasteiger charge is -2.18. The van der Waals surface area contributed by atoms with Crippen LogP contribution < -0.4 is 5.73 Å². The molecule has 0 fully saturated rings. The van der Waals surface area contributed by atoms with Gasteiger partial charge >= 0.3 is 0 Å². The lowest BCUT2D eigenvalue weighted by molar-refractivity contribution is 0.452. The molecule has 0 amide bonds. The molecule has 4 nitrogen and oxygen atoms in total. The fraction of sp³-hybridized carbons (Fsp3) is 0.200. The maximum Gasteiger partial charge on any atom is 0.187 e. The van der Waals surface area contributed by atoms with Gasteiger partial charge in [0, 0.05) is 24.2 Å². The van der Waals surface area contributed by atoms with E-state index in [-0.39, 0.29) is 0 Å². The minimum absolute atomic E-state index is 0.400. The molecular weight excluding hydrogens is 152 g/mol. The lowest BCUT2D eigenvalue weighted by atomic mass is 10.3. The monoisotopic (exact) mass is 156 g/mol. The predicted octanol–water partition coefficient (Wildman–Crippen LogP) is 0.176. The molecule has 0 aliphatic carbocycles. The van der Waals surface area contributed by atoms with Crippen molar-refractivity contribution < 1.29 is 0 Å². The van der Waals surface area contributed by atoms with Crippen molar-refractivity contribution in [2.45, 2.75) is 6.29 Å². The summed E-state index contributed by atoms with van der Waals surface area (Å²) in [5, 5.41) is 8.36. The number of nitrogens with two attached hydrogens (primary N) is 1. The Morgan fingerprint density at radius 3 is 3.10 bits per heavy atom. The van der Waals surface area contributed by atoms with Gasteiger partial charge in [-0.15, -0.1) is 0 Å². The van der Waals surface area contributed by atoms with Crippen molar-refractivity contribution in [3.8, 4) is 6.07 Å². The standard InChI is InChI=1S/C5H5ClN4/c6-10-3-4(1-7)2-9-5(10)8/h2-3,5H,8H2. The Morgan fingerprint density at radius 1 is 1.90 bits per heavy atom. The molecule has 1 heterocycles. The molecule has 0 radical (unpaired) electrons. The molecular formula is C5H5ClN4. The molecule has 1 atom stereocenters. The SMILES string of the molecule is N#CC1=CN(Cl)C(N)N=C1. The zero-order chi connectivity index (χ0) is 7.56. The summed E-state index contributed by atoms with van der Waals surface area (Å²) >= 11 is 5.51. The minimum Gasteiger partial charge on any atom is -0.291 e. The third-order valence-electron chi connectivity index (χ3n) is 1.01. The highest BCUT2D eigenvalue weighted by atomic mass is 35.5. The summed E-state index contributed by atoms with van der Waals surface area (Å²) in [7, 11) is 0. The summed E-state index contributed by atoms with van der Waals surface area (Å²) in [5.74, 6) is 0. The van der Waals surface area contributed by atoms with Crippen LogP contribution in [-0.2, 0) is 0 Å². The predicted molar refractivity (Wildman–Crippen MR) is 37.9 cm³/mol. The van der Waals surface area contributed by atoms with Crippen LogP contribution >= 0.6 is 11.8 Å². The minimum atomic E-state index is -0.571. The van der Waals surface area contributed by atoms with E-state index in [0.717, 1.165) is 4.42 Å². The molecule has 10 heavy (non-hydrogen) atoms. The number of aliphatic imine (C=N–C) groups is 1. The summed E-state index contributed by atoms with van der Waals surface area (Å²) < 4.78 is 1.15. The molecule has 0 aromatic rings. The van der Waals surface area contributed by atoms with Crippen molar-refractivity contribution in [2.75, 3.05) is 0 Å². The van der Waals surface area contributed by atoms with Gasteiger partial charge in [0.2, 0.25) is 0 Å². The number of hydrogen-bond donors (Lipinski definition) is 1. The van der Waals surface area contributed by atoms with E-state index in [1.807, 2.05) is 6.07 Å². The fourth-order valence-electron chi connectivity index (χ4n) is 0.521. The zero-order valence-electron chi connectivity index (χ0n) is 5.03. The Hall–Kier alpha value is -1.05. The number of nitriles is 1. The van der Waals surface area contributed by atoms with E-state index in [2.05, 4.69) is 4.99 Å². The van der Waals surface area contributed by atoms with Crippen molar-refractivity contribution >= 4 is 18.0 Å². The second-order valence-corrected chi connectivity index (χ2v) is 2.12. The van der Waals surface area contributed by atoms with E-state index in [9.17, 15) is 0 Å². The average molecular weight is 157 g/mol. The summed E-state index contributed by atoms with van der Waals surface area (Å²) in [5.41, 5.74) is 5.74. The molecule has 0 spiro atoms. The number of rotatable bonds is 0. The summed E-state index contributed by atoms with van der Waals surface area (Å²) in [6, 6.07) is 1.88. The maximum absolute atomic E-state index is 8.36. The van der Waals surface area contributed by atoms with Crippen molar-refractivity contribution in [2.24, 2.45) is 10.7 Å². The third kappa shape index (κ3) is 1.26. The second-order valence-electron chi connectivity index (χ2n) is 1.73. The van der Waals surface area contributed by atoms with Gasteiger partial charge in [-0.2, -0.15) is 5.26 Å². The first-order valence-electron chi connectivity index (χ1n) is 2.59. The Morgan fingerprint density at radius 2 is 2.60 bits per heavy atom. The van der Waals surface area contributed by atoms with Gasteiger partial charge in [0.15, 0.2) is 6.29 Å². The smallest absolute Gasteiger partial charge is 0.187 e. The van der Waals surface area contributed by atoms with Crippen LogP contribution in [0.2, 0.25) is 0 Å². The molecule has 0 bridgehead atoms. The van der Waals surface area contributed by atoms with Gasteiger partial charge in [0.1, 0.15) is 6.07 Å². The maximum atomic E-state index is 8.36. The summed E-state index contributed by atoms with van der Waals surface area (Å²) in [6.45, 7) is 0. The molecule has 0 aromatic heterocycles. The molecule has 0 saturated heterocycles. The van der Waals surface area contributed by atoms with Crippen molar-refractivity contribution in [3.05, 3.63) is 11.8 Å². The molecule has 1 aliphatic heterocycles. The van der Waals surface area contributed by atoms with Gasteiger partial charge in [-0.1, -0.05) is 0 Å². The van der Waals surface area contributed by atoms with E-state index >= 15 is 0 Å². The molecule has 1 aliphatic rings. The lowest BCUT2D eigenvalue weighted by Crippen LogP contribution is -2.32. The van der Waals surface area contributed by atoms with Crippen molar-refractivity contribution in [3.63, 3.8) is 0 Å². The second kappa shape index (κ2) is 2.69. The largest absolute Gasteiger partial charge is 0.291 e. The first-order chi connectivity index (χ1) is 4.74. The Balaban J connectivity index is 2.78. The first kappa shape index (κ1) is 7.06. The third-order valence-corrected chi connectivity index (χ3v) is 1.31. The Kier molecular flexibility index (Phi) is 1.90. The van der Waals surface area contributed by atoms with E-state index in [1.165, 1.54) is 12.4 Å². The molecule has 0 saturated carbocycles. The van der Waals surface area contributed by atoms with E-state index in [0.29, 0.717) is 5.57 Å². The number of hydrogen-bond acceptors (Lipinski definition) is 4. The van der Waals surface area contributed by atoms with Crippen LogP contribution in [0.25, 0.3) is 0 Å². The van der Waals surface area contributed by atoms with Crippen LogP contribution in [-0.4, -0.2) is 16.9 Å². The highest BCUT2D eigenvalue weighted by Gasteiger charge is 2.10. The van der Waals surface area contributed by atoms with Crippen LogP contribution in [0.4, 0.5) is 0 Å². The molecule has 1 rings (SSSR count). The van der Waals surface area contributed by atoms with E-state index in [4.69, 9.17) is 22.8 Å². The Bertz CT molecular complexity index is 226. The molecule has 0 aromatic carbocycles. The number of halogens is 1. The van der Waals surface area contributed by atoms with Crippen LogP contribution in [0.1, 0.15) is 0 Å². The number of nitrogens with zero attached hydrogens (tertiary/aromatic N) is 3. The number of allylic oxidation sites excluding steroid dienone is 1. The average Bonchev–Trinajstić information content (AvgIpc) is 1.95. The van der Waals surface area contributed by atoms with Crippen LogP contribution in [0.3, 0.4) is 0 Å². The fourth-order valence-corrected chi connectivity index (χ4v) is 0.676. The first-order valence-corrected chi connectivity index (χ1v) is 2.92. The molecule has 1 unspecified atom stereocenters.